The molecule has 0 aromatic heterocycles. The summed E-state index contributed by atoms with van der Waals surface area (Å²) in [5.41, 5.74) is 0. The second-order valence-electron chi connectivity index (χ2n) is 3.09. The van der Waals surface area contributed by atoms with Gasteiger partial charge in [0, 0.05) is 11.3 Å². The zero-order valence-electron chi connectivity index (χ0n) is 7.45. The molecule has 0 heterocycles. The fourth-order valence-corrected chi connectivity index (χ4v) is 2.54. The maximum Gasteiger partial charge on any atom is 0.394 e. The summed E-state index contributed by atoms with van der Waals surface area (Å²) in [5.74, 6) is -2.28. The van der Waals surface area contributed by atoms with Crippen LogP contribution in [-0.4, -0.2) is 34.5 Å². The molecule has 4 nitrogen and oxygen atoms in total. The van der Waals surface area contributed by atoms with Crippen molar-refractivity contribution in [3.63, 3.8) is 0 Å². The third-order valence-corrected chi connectivity index (χ3v) is 3.44. The lowest BCUT2D eigenvalue weighted by molar-refractivity contribution is -0.150. The molecule has 5 heteroatoms. The summed E-state index contributed by atoms with van der Waals surface area (Å²) >= 11 is 1.69. The van der Waals surface area contributed by atoms with Crippen LogP contribution in [0.25, 0.3) is 0 Å². The first-order chi connectivity index (χ1) is 6.15. The minimum absolute atomic E-state index is 0.0404. The fraction of sp³-hybridized carbons (Fsp3) is 0.750. The lowest BCUT2D eigenvalue weighted by atomic mass is 10.2. The van der Waals surface area contributed by atoms with Crippen LogP contribution in [0, 0.1) is 0 Å². The zero-order chi connectivity index (χ0) is 9.84. The molecule has 0 saturated heterocycles. The van der Waals surface area contributed by atoms with Crippen LogP contribution in [0.15, 0.2) is 0 Å². The van der Waals surface area contributed by atoms with E-state index in [-0.39, 0.29) is 6.04 Å². The topological polar surface area (TPSA) is 66.4 Å². The van der Waals surface area contributed by atoms with Crippen molar-refractivity contribution < 1.29 is 14.7 Å². The lowest BCUT2D eigenvalue weighted by Gasteiger charge is -2.17. The van der Waals surface area contributed by atoms with Crippen molar-refractivity contribution in [2.75, 3.05) is 6.26 Å². The van der Waals surface area contributed by atoms with Gasteiger partial charge < -0.3 is 10.4 Å². The molecule has 0 bridgehead atoms. The Bertz CT molecular complexity index is 219. The van der Waals surface area contributed by atoms with E-state index in [1.54, 1.807) is 11.8 Å². The molecule has 1 fully saturated rings. The van der Waals surface area contributed by atoms with Crippen molar-refractivity contribution in [3.05, 3.63) is 0 Å². The number of hydrogen-bond donors (Lipinski definition) is 2. The van der Waals surface area contributed by atoms with E-state index >= 15 is 0 Å². The molecule has 2 unspecified atom stereocenters. The molecule has 1 saturated carbocycles. The quantitative estimate of drug-likeness (QED) is 0.640. The normalized spacial score (nSPS) is 27.2. The number of aliphatic carboxylic acids is 1. The predicted molar refractivity (Wildman–Crippen MR) is 50.7 cm³/mol. The molecule has 2 N–H and O–H groups in total. The van der Waals surface area contributed by atoms with Crippen LogP contribution in [0.3, 0.4) is 0 Å². The van der Waals surface area contributed by atoms with Gasteiger partial charge in [0.2, 0.25) is 0 Å². The summed E-state index contributed by atoms with van der Waals surface area (Å²) in [4.78, 5) is 21.1. The van der Waals surface area contributed by atoms with Crippen LogP contribution in [0.2, 0.25) is 0 Å². The van der Waals surface area contributed by atoms with Gasteiger partial charge in [-0.25, -0.2) is 4.79 Å². The van der Waals surface area contributed by atoms with Gasteiger partial charge in [-0.2, -0.15) is 11.8 Å². The summed E-state index contributed by atoms with van der Waals surface area (Å²) in [7, 11) is 0. The van der Waals surface area contributed by atoms with Crippen molar-refractivity contribution in [2.45, 2.75) is 30.6 Å². The van der Waals surface area contributed by atoms with Crippen molar-refractivity contribution in [2.24, 2.45) is 0 Å². The molecule has 0 aromatic rings. The molecular weight excluding hydrogens is 190 g/mol. The summed E-state index contributed by atoms with van der Waals surface area (Å²) in [6.07, 6.45) is 5.00. The van der Waals surface area contributed by atoms with Crippen LogP contribution >= 0.6 is 11.8 Å². The van der Waals surface area contributed by atoms with Crippen molar-refractivity contribution in [1.82, 2.24) is 5.32 Å². The molecule has 0 aliphatic heterocycles. The first kappa shape index (κ1) is 10.4. The molecule has 13 heavy (non-hydrogen) atoms. The smallest absolute Gasteiger partial charge is 0.394 e. The number of thioether (sulfide) groups is 1. The first-order valence-electron chi connectivity index (χ1n) is 4.21. The van der Waals surface area contributed by atoms with E-state index in [4.69, 9.17) is 5.11 Å². The Morgan fingerprint density at radius 3 is 2.69 bits per heavy atom. The minimum atomic E-state index is -1.40. The van der Waals surface area contributed by atoms with Crippen LogP contribution in [-0.2, 0) is 9.59 Å². The van der Waals surface area contributed by atoms with Crippen molar-refractivity contribution >= 4 is 23.6 Å². The number of carboxylic acid groups (broad SMARTS) is 1. The third kappa shape index (κ3) is 2.62. The Kier molecular flexibility index (Phi) is 3.59. The van der Waals surface area contributed by atoms with Crippen LogP contribution in [0.1, 0.15) is 19.3 Å². The van der Waals surface area contributed by atoms with Gasteiger partial charge in [-0.1, -0.05) is 6.42 Å². The highest BCUT2D eigenvalue weighted by molar-refractivity contribution is 7.99. The van der Waals surface area contributed by atoms with Gasteiger partial charge in [0.25, 0.3) is 0 Å². The molecule has 0 spiro atoms. The van der Waals surface area contributed by atoms with Gasteiger partial charge in [-0.05, 0) is 19.1 Å². The highest BCUT2D eigenvalue weighted by Gasteiger charge is 2.29. The monoisotopic (exact) mass is 203 g/mol. The van der Waals surface area contributed by atoms with Gasteiger partial charge in [0.05, 0.1) is 0 Å². The molecular formula is C8H13NO3S. The predicted octanol–water partition coefficient (Wildman–Crippen LogP) is 0.471. The van der Waals surface area contributed by atoms with E-state index < -0.39 is 11.9 Å². The third-order valence-electron chi connectivity index (χ3n) is 2.27. The second-order valence-corrected chi connectivity index (χ2v) is 4.17. The Morgan fingerprint density at radius 1 is 1.46 bits per heavy atom. The summed E-state index contributed by atoms with van der Waals surface area (Å²) in [5, 5.41) is 11.3. The number of nitrogens with one attached hydrogen (secondary N) is 1. The van der Waals surface area contributed by atoms with Gasteiger partial charge in [-0.3, -0.25) is 4.79 Å². The van der Waals surface area contributed by atoms with Crippen LogP contribution < -0.4 is 5.32 Å². The summed E-state index contributed by atoms with van der Waals surface area (Å²) in [6.45, 7) is 0. The van der Waals surface area contributed by atoms with Crippen molar-refractivity contribution in [1.29, 1.82) is 0 Å². The van der Waals surface area contributed by atoms with Gasteiger partial charge in [-0.15, -0.1) is 0 Å². The highest BCUT2D eigenvalue weighted by Crippen LogP contribution is 2.28. The molecule has 1 aliphatic rings. The molecule has 1 aliphatic carbocycles. The minimum Gasteiger partial charge on any atom is -0.474 e. The Morgan fingerprint density at radius 2 is 2.15 bits per heavy atom. The van der Waals surface area contributed by atoms with E-state index in [1.807, 2.05) is 6.26 Å². The Balaban J connectivity index is 2.44. The van der Waals surface area contributed by atoms with Gasteiger partial charge in [0.15, 0.2) is 0 Å². The van der Waals surface area contributed by atoms with E-state index in [2.05, 4.69) is 5.32 Å². The lowest BCUT2D eigenvalue weighted by Crippen LogP contribution is -2.42. The summed E-state index contributed by atoms with van der Waals surface area (Å²) < 4.78 is 0. The number of carboxylic acids is 1. The molecule has 0 radical (unpaired) electrons. The van der Waals surface area contributed by atoms with E-state index in [0.29, 0.717) is 5.25 Å². The van der Waals surface area contributed by atoms with Crippen LogP contribution in [0.5, 0.6) is 0 Å². The first-order valence-corrected chi connectivity index (χ1v) is 5.50. The average molecular weight is 203 g/mol. The van der Waals surface area contributed by atoms with Crippen molar-refractivity contribution in [3.8, 4) is 0 Å². The Hall–Kier alpha value is -0.710. The maximum atomic E-state index is 10.8. The zero-order valence-corrected chi connectivity index (χ0v) is 8.26. The standard InChI is InChI=1S/C8H13NO3S/c1-13-6-4-2-3-5(6)9-7(10)8(11)12/h5-6H,2-4H2,1H3,(H,9,10)(H,11,12). The molecule has 2 atom stereocenters. The SMILES string of the molecule is CSC1CCCC1NC(=O)C(=O)O. The van der Waals surface area contributed by atoms with E-state index in [9.17, 15) is 9.59 Å². The fourth-order valence-electron chi connectivity index (χ4n) is 1.60. The summed E-state index contributed by atoms with van der Waals surface area (Å²) in [6, 6.07) is 0.0404. The van der Waals surface area contributed by atoms with Crippen LogP contribution in [0.4, 0.5) is 0 Å². The number of carbonyl (C=O) groups excluding carboxylic acids is 1. The molecule has 1 rings (SSSR count). The van der Waals surface area contributed by atoms with E-state index in [0.717, 1.165) is 19.3 Å². The number of carbonyl (C=O) groups is 2. The average Bonchev–Trinajstić information content (AvgIpc) is 2.51. The van der Waals surface area contributed by atoms with Gasteiger partial charge >= 0.3 is 11.9 Å². The largest absolute Gasteiger partial charge is 0.474 e. The molecule has 1 amide bonds. The number of hydrogen-bond acceptors (Lipinski definition) is 3. The molecule has 74 valence electrons. The Labute approximate surface area is 81.1 Å². The van der Waals surface area contributed by atoms with Gasteiger partial charge in [0.1, 0.15) is 0 Å². The van der Waals surface area contributed by atoms with E-state index in [1.165, 1.54) is 0 Å². The number of rotatable bonds is 2. The molecule has 0 aromatic carbocycles. The second kappa shape index (κ2) is 4.50. The highest BCUT2D eigenvalue weighted by atomic mass is 32.2. The maximum absolute atomic E-state index is 10.8. The number of amides is 1.